The van der Waals surface area contributed by atoms with E-state index in [1.165, 1.54) is 75.1 Å². The minimum atomic E-state index is -0.108. The number of hydrogen-bond donors (Lipinski definition) is 0. The second kappa shape index (κ2) is 11.8. The second-order valence-corrected chi connectivity index (χ2v) is 16.0. The van der Waals surface area contributed by atoms with Gasteiger partial charge in [-0.15, -0.1) is 11.3 Å². The van der Waals surface area contributed by atoms with Crippen LogP contribution in [0.25, 0.3) is 97.9 Å². The maximum atomic E-state index is 5.30. The smallest absolute Gasteiger partial charge is 0.160 e. The molecule has 0 amide bonds. The van der Waals surface area contributed by atoms with Gasteiger partial charge in [0.05, 0.1) is 11.4 Å². The maximum Gasteiger partial charge on any atom is 0.160 e. The number of hydrogen-bond acceptors (Lipinski definition) is 3. The lowest BCUT2D eigenvalue weighted by molar-refractivity contribution is 0.661. The van der Waals surface area contributed by atoms with Crippen LogP contribution in [0, 0.1) is 0 Å². The minimum Gasteiger partial charge on any atom is -0.228 e. The zero-order chi connectivity index (χ0) is 36.0. The zero-order valence-corrected chi connectivity index (χ0v) is 30.8. The molecule has 0 N–H and O–H groups in total. The first kappa shape index (κ1) is 31.1. The topological polar surface area (TPSA) is 25.8 Å². The van der Waals surface area contributed by atoms with Crippen LogP contribution >= 0.6 is 11.3 Å². The molecule has 0 saturated heterocycles. The Labute approximate surface area is 318 Å². The Hall–Kier alpha value is -6.42. The summed E-state index contributed by atoms with van der Waals surface area (Å²) in [5.74, 6) is 0.723. The molecule has 0 aliphatic heterocycles. The van der Waals surface area contributed by atoms with Gasteiger partial charge >= 0.3 is 0 Å². The van der Waals surface area contributed by atoms with Gasteiger partial charge in [0.15, 0.2) is 5.82 Å². The van der Waals surface area contributed by atoms with Gasteiger partial charge in [-0.2, -0.15) is 0 Å². The van der Waals surface area contributed by atoms with Gasteiger partial charge in [0, 0.05) is 42.3 Å². The van der Waals surface area contributed by atoms with E-state index in [0.29, 0.717) is 0 Å². The monoisotopic (exact) mass is 706 g/mol. The summed E-state index contributed by atoms with van der Waals surface area (Å²) in [5.41, 5.74) is 12.9. The third-order valence-electron chi connectivity index (χ3n) is 11.5. The molecule has 2 heterocycles. The van der Waals surface area contributed by atoms with E-state index in [2.05, 4.69) is 178 Å². The third-order valence-corrected chi connectivity index (χ3v) is 12.7. The van der Waals surface area contributed by atoms with Gasteiger partial charge in [-0.25, -0.2) is 9.97 Å². The van der Waals surface area contributed by atoms with Crippen molar-refractivity contribution in [2.45, 2.75) is 19.3 Å². The van der Waals surface area contributed by atoms with Crippen molar-refractivity contribution in [3.8, 4) is 56.2 Å². The zero-order valence-electron chi connectivity index (χ0n) is 30.0. The fourth-order valence-corrected chi connectivity index (χ4v) is 10.1. The predicted octanol–water partition coefficient (Wildman–Crippen LogP) is 14.1. The first-order valence-corrected chi connectivity index (χ1v) is 19.4. The molecule has 8 aromatic carbocycles. The number of fused-ring (bicyclic) bond motifs is 8. The van der Waals surface area contributed by atoms with Gasteiger partial charge in [0.25, 0.3) is 0 Å². The first-order valence-electron chi connectivity index (χ1n) is 18.6. The summed E-state index contributed by atoms with van der Waals surface area (Å²) in [7, 11) is 0. The highest BCUT2D eigenvalue weighted by molar-refractivity contribution is 7.26. The molecule has 0 saturated carbocycles. The van der Waals surface area contributed by atoms with Crippen LogP contribution in [0.1, 0.15) is 25.0 Å². The first-order chi connectivity index (χ1) is 26.5. The lowest BCUT2D eigenvalue weighted by Gasteiger charge is -2.22. The Kier molecular flexibility index (Phi) is 6.80. The molecule has 3 heteroatoms. The lowest BCUT2D eigenvalue weighted by atomic mass is 9.81. The van der Waals surface area contributed by atoms with E-state index in [4.69, 9.17) is 9.97 Å². The van der Waals surface area contributed by atoms with E-state index in [1.807, 2.05) is 17.4 Å². The molecule has 1 aliphatic carbocycles. The fourth-order valence-electron chi connectivity index (χ4n) is 8.84. The molecule has 54 heavy (non-hydrogen) atoms. The molecule has 0 bridgehead atoms. The molecule has 0 spiro atoms. The van der Waals surface area contributed by atoms with Crippen molar-refractivity contribution < 1.29 is 0 Å². The van der Waals surface area contributed by atoms with Crippen LogP contribution < -0.4 is 0 Å². The molecule has 2 aromatic heterocycles. The Bertz CT molecular complexity index is 3130. The van der Waals surface area contributed by atoms with E-state index in [9.17, 15) is 0 Å². The number of nitrogens with zero attached hydrogens (tertiary/aromatic N) is 2. The van der Waals surface area contributed by atoms with Crippen LogP contribution in [0.4, 0.5) is 0 Å². The predicted molar refractivity (Wildman–Crippen MR) is 229 cm³/mol. The van der Waals surface area contributed by atoms with Crippen LogP contribution in [0.15, 0.2) is 170 Å². The average Bonchev–Trinajstić information content (AvgIpc) is 3.71. The van der Waals surface area contributed by atoms with E-state index in [1.54, 1.807) is 0 Å². The summed E-state index contributed by atoms with van der Waals surface area (Å²) in [4.78, 5) is 10.6. The van der Waals surface area contributed by atoms with E-state index in [-0.39, 0.29) is 5.41 Å². The van der Waals surface area contributed by atoms with Crippen molar-refractivity contribution in [2.75, 3.05) is 0 Å². The molecule has 1 aliphatic rings. The Morgan fingerprint density at radius 2 is 1.04 bits per heavy atom. The van der Waals surface area contributed by atoms with Gasteiger partial charge < -0.3 is 0 Å². The normalized spacial score (nSPS) is 13.1. The number of rotatable bonds is 4. The molecular formula is C51H34N2S. The third kappa shape index (κ3) is 4.65. The van der Waals surface area contributed by atoms with Gasteiger partial charge in [-0.05, 0) is 79.2 Å². The van der Waals surface area contributed by atoms with Crippen molar-refractivity contribution in [3.05, 3.63) is 181 Å². The highest BCUT2D eigenvalue weighted by atomic mass is 32.1. The average molecular weight is 707 g/mol. The maximum absolute atomic E-state index is 5.30. The van der Waals surface area contributed by atoms with Crippen molar-refractivity contribution in [1.82, 2.24) is 9.97 Å². The van der Waals surface area contributed by atoms with E-state index >= 15 is 0 Å². The quantitative estimate of drug-likeness (QED) is 0.182. The number of aromatic nitrogens is 2. The molecule has 2 nitrogen and oxygen atoms in total. The SMILES string of the molecule is CC1(C)c2cc3ccccc3cc2-c2c(-c3ccc(-c4cc(-c5cccc6c5sc5ccccc56)nc(-c5ccccc5)n4)c4ccccc34)cccc21. The van der Waals surface area contributed by atoms with Crippen molar-refractivity contribution in [2.24, 2.45) is 0 Å². The van der Waals surface area contributed by atoms with E-state index in [0.717, 1.165) is 33.9 Å². The minimum absolute atomic E-state index is 0.108. The molecule has 0 fully saturated rings. The summed E-state index contributed by atoms with van der Waals surface area (Å²) in [6.45, 7) is 4.74. The Morgan fingerprint density at radius 1 is 0.426 bits per heavy atom. The molecular weight excluding hydrogens is 673 g/mol. The van der Waals surface area contributed by atoms with Crippen LogP contribution in [-0.2, 0) is 5.41 Å². The summed E-state index contributed by atoms with van der Waals surface area (Å²) >= 11 is 1.83. The van der Waals surface area contributed by atoms with E-state index < -0.39 is 0 Å². The van der Waals surface area contributed by atoms with Crippen molar-refractivity contribution >= 4 is 53.1 Å². The lowest BCUT2D eigenvalue weighted by Crippen LogP contribution is -2.14. The molecule has 254 valence electrons. The fraction of sp³-hybridized carbons (Fsp3) is 0.0588. The number of thiophene rings is 1. The summed E-state index contributed by atoms with van der Waals surface area (Å²) < 4.78 is 2.53. The molecule has 0 unspecified atom stereocenters. The highest BCUT2D eigenvalue weighted by Gasteiger charge is 2.37. The van der Waals surface area contributed by atoms with Crippen LogP contribution in [0.5, 0.6) is 0 Å². The molecule has 0 radical (unpaired) electrons. The molecule has 11 rings (SSSR count). The Morgan fingerprint density at radius 3 is 1.85 bits per heavy atom. The molecule has 0 atom stereocenters. The van der Waals surface area contributed by atoms with Crippen LogP contribution in [0.3, 0.4) is 0 Å². The van der Waals surface area contributed by atoms with Gasteiger partial charge in [-0.1, -0.05) is 159 Å². The summed E-state index contributed by atoms with van der Waals surface area (Å²) in [5, 5.41) is 7.49. The van der Waals surface area contributed by atoms with Gasteiger partial charge in [0.1, 0.15) is 0 Å². The second-order valence-electron chi connectivity index (χ2n) is 14.9. The van der Waals surface area contributed by atoms with Crippen LogP contribution in [-0.4, -0.2) is 9.97 Å². The van der Waals surface area contributed by atoms with Gasteiger partial charge in [0.2, 0.25) is 0 Å². The standard InChI is InChI=1S/C51H34N2S/c1-51(2)43-24-13-21-39(48(43)42-28-32-16-6-7-17-33(32)29-44(42)51)36-26-27-37(35-19-9-8-18-34(35)36)45-30-46(53-50(52-45)31-14-4-3-5-15-31)41-23-12-22-40-38-20-10-11-25-47(38)54-49(40)41/h3-30H,1-2H3. The largest absolute Gasteiger partial charge is 0.228 e. The molecule has 10 aromatic rings. The van der Waals surface area contributed by atoms with Crippen molar-refractivity contribution in [3.63, 3.8) is 0 Å². The summed E-state index contributed by atoms with van der Waals surface area (Å²) in [6, 6.07) is 61.6. The van der Waals surface area contributed by atoms with Gasteiger partial charge in [-0.3, -0.25) is 0 Å². The van der Waals surface area contributed by atoms with Crippen molar-refractivity contribution in [1.29, 1.82) is 0 Å². The highest BCUT2D eigenvalue weighted by Crippen LogP contribution is 2.54. The number of benzene rings is 8. The van der Waals surface area contributed by atoms with Crippen LogP contribution in [0.2, 0.25) is 0 Å². The summed E-state index contributed by atoms with van der Waals surface area (Å²) in [6.07, 6.45) is 0. The Balaban J connectivity index is 1.14.